The summed E-state index contributed by atoms with van der Waals surface area (Å²) in [5.74, 6) is 0. The van der Waals surface area contributed by atoms with Crippen molar-refractivity contribution in [2.24, 2.45) is 0 Å². The van der Waals surface area contributed by atoms with Crippen molar-refractivity contribution in [1.82, 2.24) is 9.80 Å². The van der Waals surface area contributed by atoms with Crippen LogP contribution in [-0.2, 0) is 0 Å². The number of nitrogens with zero attached hydrogens (tertiary/aromatic N) is 2. The molecule has 2 heteroatoms. The topological polar surface area (TPSA) is 6.48 Å². The van der Waals surface area contributed by atoms with Crippen LogP contribution in [0.3, 0.4) is 0 Å². The van der Waals surface area contributed by atoms with Gasteiger partial charge < -0.3 is 9.80 Å². The molecular weight excluding hydrogens is 460 g/mol. The maximum Gasteiger partial charge on any atom is 0.101 e. The monoisotopic (exact) mass is 533 g/mol. The van der Waals surface area contributed by atoms with Crippen molar-refractivity contribution >= 4 is 0 Å². The van der Waals surface area contributed by atoms with Crippen molar-refractivity contribution in [3.8, 4) is 0 Å². The molecular formula is C36H72N2. The van der Waals surface area contributed by atoms with E-state index < -0.39 is 0 Å². The summed E-state index contributed by atoms with van der Waals surface area (Å²) < 4.78 is 0. The Hall–Kier alpha value is -0.660. The summed E-state index contributed by atoms with van der Waals surface area (Å²) in [6, 6.07) is 0. The molecule has 0 aromatic heterocycles. The van der Waals surface area contributed by atoms with Crippen LogP contribution >= 0.6 is 0 Å². The van der Waals surface area contributed by atoms with E-state index in [2.05, 4.69) is 43.0 Å². The Morgan fingerprint density at radius 2 is 0.605 bits per heavy atom. The third-order valence-electron chi connectivity index (χ3n) is 8.82. The zero-order valence-electron chi connectivity index (χ0n) is 26.8. The molecule has 1 unspecified atom stereocenters. The molecule has 0 bridgehead atoms. The van der Waals surface area contributed by atoms with Crippen molar-refractivity contribution in [1.29, 1.82) is 0 Å². The zero-order valence-corrected chi connectivity index (χ0v) is 26.8. The minimum atomic E-state index is 0.642. The van der Waals surface area contributed by atoms with E-state index >= 15 is 0 Å². The van der Waals surface area contributed by atoms with Crippen molar-refractivity contribution < 1.29 is 0 Å². The van der Waals surface area contributed by atoms with Gasteiger partial charge >= 0.3 is 0 Å². The second kappa shape index (κ2) is 27.9. The first-order chi connectivity index (χ1) is 18.8. The Morgan fingerprint density at radius 1 is 0.342 bits per heavy atom. The smallest absolute Gasteiger partial charge is 0.101 e. The van der Waals surface area contributed by atoms with E-state index in [4.69, 9.17) is 0 Å². The lowest BCUT2D eigenvalue weighted by molar-refractivity contribution is 0.135. The molecule has 0 saturated carbocycles. The van der Waals surface area contributed by atoms with Crippen molar-refractivity contribution in [2.45, 2.75) is 207 Å². The van der Waals surface area contributed by atoms with E-state index in [0.29, 0.717) is 6.17 Å². The highest BCUT2D eigenvalue weighted by molar-refractivity contribution is 4.97. The molecule has 0 spiro atoms. The molecule has 38 heavy (non-hydrogen) atoms. The first-order valence-corrected chi connectivity index (χ1v) is 18.0. The average Bonchev–Trinajstić information content (AvgIpc) is 3.31. The van der Waals surface area contributed by atoms with Gasteiger partial charge in [0.05, 0.1) is 0 Å². The second-order valence-corrected chi connectivity index (χ2v) is 12.5. The van der Waals surface area contributed by atoms with Crippen LogP contribution < -0.4 is 0 Å². The molecule has 1 atom stereocenters. The van der Waals surface area contributed by atoms with Crippen molar-refractivity contribution in [2.75, 3.05) is 13.1 Å². The van der Waals surface area contributed by atoms with Crippen molar-refractivity contribution in [3.05, 3.63) is 12.4 Å². The standard InChI is InChI=1S/C36H72N2/c1-4-7-10-13-15-17-19-20-21-23-25-28-31-36-37(32-29-26-12-9-6-3)34-35-38(36)33-30-27-24-22-18-16-14-11-8-5-2/h34-36H,4-33H2,1-3H3. The first kappa shape index (κ1) is 35.4. The molecule has 0 amide bonds. The normalized spacial score (nSPS) is 15.3. The fourth-order valence-corrected chi connectivity index (χ4v) is 6.19. The van der Waals surface area contributed by atoms with Gasteiger partial charge in [-0.3, -0.25) is 0 Å². The van der Waals surface area contributed by atoms with Crippen LogP contribution in [0.25, 0.3) is 0 Å². The lowest BCUT2D eigenvalue weighted by Crippen LogP contribution is -2.39. The Balaban J connectivity index is 2.19. The Morgan fingerprint density at radius 3 is 0.921 bits per heavy atom. The van der Waals surface area contributed by atoms with Gasteiger partial charge in [0.15, 0.2) is 0 Å². The second-order valence-electron chi connectivity index (χ2n) is 12.5. The van der Waals surface area contributed by atoms with Crippen molar-refractivity contribution in [3.63, 3.8) is 0 Å². The highest BCUT2D eigenvalue weighted by Crippen LogP contribution is 2.24. The number of hydrogen-bond acceptors (Lipinski definition) is 2. The molecule has 226 valence electrons. The van der Waals surface area contributed by atoms with Gasteiger partial charge in [-0.25, -0.2) is 0 Å². The first-order valence-electron chi connectivity index (χ1n) is 18.0. The molecule has 0 fully saturated rings. The van der Waals surface area contributed by atoms with E-state index in [1.165, 1.54) is 193 Å². The lowest BCUT2D eigenvalue weighted by Gasteiger charge is -2.33. The molecule has 2 nitrogen and oxygen atoms in total. The fraction of sp³-hybridized carbons (Fsp3) is 0.944. The quantitative estimate of drug-likeness (QED) is 0.0848. The molecule has 0 N–H and O–H groups in total. The predicted molar refractivity (Wildman–Crippen MR) is 173 cm³/mol. The number of unbranched alkanes of at least 4 members (excludes halogenated alkanes) is 24. The molecule has 1 heterocycles. The molecule has 0 aromatic carbocycles. The zero-order chi connectivity index (χ0) is 27.4. The maximum atomic E-state index is 2.70. The highest BCUT2D eigenvalue weighted by atomic mass is 15.4. The number of hydrogen-bond donors (Lipinski definition) is 0. The Kier molecular flexibility index (Phi) is 26.0. The van der Waals surface area contributed by atoms with Gasteiger partial charge in [0.25, 0.3) is 0 Å². The molecule has 1 aliphatic heterocycles. The molecule has 0 saturated heterocycles. The van der Waals surface area contributed by atoms with Gasteiger partial charge in [0.2, 0.25) is 0 Å². The number of rotatable bonds is 30. The maximum absolute atomic E-state index is 2.70. The van der Waals surface area contributed by atoms with Crippen LogP contribution in [0, 0.1) is 0 Å². The summed E-state index contributed by atoms with van der Waals surface area (Å²) in [4.78, 5) is 5.40. The van der Waals surface area contributed by atoms with Gasteiger partial charge in [-0.05, 0) is 25.7 Å². The summed E-state index contributed by atoms with van der Waals surface area (Å²) >= 11 is 0. The van der Waals surface area contributed by atoms with Crippen LogP contribution in [0.15, 0.2) is 12.4 Å². The molecule has 0 radical (unpaired) electrons. The van der Waals surface area contributed by atoms with E-state index in [1.807, 2.05) is 0 Å². The highest BCUT2D eigenvalue weighted by Gasteiger charge is 2.24. The van der Waals surface area contributed by atoms with Crippen LogP contribution in [0.5, 0.6) is 0 Å². The summed E-state index contributed by atoms with van der Waals surface area (Å²) in [5, 5.41) is 0. The van der Waals surface area contributed by atoms with Gasteiger partial charge in [-0.2, -0.15) is 0 Å². The van der Waals surface area contributed by atoms with Crippen LogP contribution in [0.4, 0.5) is 0 Å². The summed E-state index contributed by atoms with van der Waals surface area (Å²) in [5.41, 5.74) is 0. The third kappa shape index (κ3) is 20.3. The summed E-state index contributed by atoms with van der Waals surface area (Å²) in [7, 11) is 0. The van der Waals surface area contributed by atoms with Gasteiger partial charge in [0, 0.05) is 25.5 Å². The van der Waals surface area contributed by atoms with Crippen LogP contribution in [0.1, 0.15) is 201 Å². The van der Waals surface area contributed by atoms with E-state index in [0.717, 1.165) is 0 Å². The third-order valence-corrected chi connectivity index (χ3v) is 8.82. The SMILES string of the molecule is CCCCCCCCCCCCCCC1N(CCCCCCC)C=CN1CCCCCCCCCCCC. The molecule has 0 aromatic rings. The van der Waals surface area contributed by atoms with Crippen LogP contribution in [0.2, 0.25) is 0 Å². The van der Waals surface area contributed by atoms with Gasteiger partial charge in [0.1, 0.15) is 6.17 Å². The minimum Gasteiger partial charge on any atom is -0.356 e. The predicted octanol–water partition coefficient (Wildman–Crippen LogP) is 12.4. The van der Waals surface area contributed by atoms with Gasteiger partial charge in [-0.1, -0.05) is 175 Å². The summed E-state index contributed by atoms with van der Waals surface area (Å²) in [6.07, 6.45) is 45.5. The summed E-state index contributed by atoms with van der Waals surface area (Å²) in [6.45, 7) is 9.47. The van der Waals surface area contributed by atoms with E-state index in [9.17, 15) is 0 Å². The Bertz CT molecular complexity index is 488. The van der Waals surface area contributed by atoms with E-state index in [-0.39, 0.29) is 0 Å². The van der Waals surface area contributed by atoms with Gasteiger partial charge in [-0.15, -0.1) is 0 Å². The average molecular weight is 533 g/mol. The molecule has 0 aliphatic carbocycles. The van der Waals surface area contributed by atoms with E-state index in [1.54, 1.807) is 0 Å². The molecule has 1 aliphatic rings. The fourth-order valence-electron chi connectivity index (χ4n) is 6.19. The Labute approximate surface area is 241 Å². The molecule has 1 rings (SSSR count). The van der Waals surface area contributed by atoms with Crippen LogP contribution in [-0.4, -0.2) is 29.1 Å². The lowest BCUT2D eigenvalue weighted by atomic mass is 10.0. The minimum absolute atomic E-state index is 0.642. The largest absolute Gasteiger partial charge is 0.356 e.